The molecule has 1 aromatic carbocycles. The number of ether oxygens (including phenoxy) is 1. The molecule has 126 valence electrons. The van der Waals surface area contributed by atoms with Crippen molar-refractivity contribution in [3.8, 4) is 0 Å². The number of hydrogen-bond acceptors (Lipinski definition) is 3. The molecule has 8 heteroatoms. The molecule has 2 N–H and O–H groups in total. The second-order valence-electron chi connectivity index (χ2n) is 5.48. The summed E-state index contributed by atoms with van der Waals surface area (Å²) in [5, 5.41) is 2.37. The lowest BCUT2D eigenvalue weighted by Gasteiger charge is -2.27. The van der Waals surface area contributed by atoms with Crippen molar-refractivity contribution in [3.63, 3.8) is 0 Å². The zero-order chi connectivity index (χ0) is 16.8. The van der Waals surface area contributed by atoms with Crippen LogP contribution in [0.4, 0.5) is 14.5 Å². The van der Waals surface area contributed by atoms with Gasteiger partial charge in [0.25, 0.3) is 11.8 Å². The molecule has 6 nitrogen and oxygen atoms in total. The van der Waals surface area contributed by atoms with Crippen LogP contribution in [0.1, 0.15) is 0 Å². The maximum Gasteiger partial charge on any atom is 0.279 e. The lowest BCUT2D eigenvalue weighted by molar-refractivity contribution is -0.862. The molecule has 0 radical (unpaired) electrons. The van der Waals surface area contributed by atoms with Gasteiger partial charge in [-0.2, -0.15) is 0 Å². The van der Waals surface area contributed by atoms with E-state index in [0.29, 0.717) is 37.3 Å². The Hall–Kier alpha value is -2.06. The topological polar surface area (TPSA) is 63.1 Å². The average molecular weight is 328 g/mol. The van der Waals surface area contributed by atoms with Gasteiger partial charge >= 0.3 is 0 Å². The zero-order valence-electron chi connectivity index (χ0n) is 12.9. The Bertz CT molecular complexity index is 577. The monoisotopic (exact) mass is 328 g/mol. The van der Waals surface area contributed by atoms with Crippen molar-refractivity contribution >= 4 is 17.5 Å². The van der Waals surface area contributed by atoms with Crippen molar-refractivity contribution < 1.29 is 28.0 Å². The summed E-state index contributed by atoms with van der Waals surface area (Å²) < 4.78 is 31.5. The molecule has 0 spiro atoms. The number of morpholine rings is 1. The normalized spacial score (nSPS) is 16.0. The molecule has 1 atom stereocenters. The first kappa shape index (κ1) is 17.3. The Labute approximate surface area is 133 Å². The fraction of sp³-hybridized carbons (Fsp3) is 0.467. The smallest absolute Gasteiger partial charge is 0.279 e. The summed E-state index contributed by atoms with van der Waals surface area (Å²) in [6.45, 7) is 2.33. The van der Waals surface area contributed by atoms with Crippen molar-refractivity contribution in [1.29, 1.82) is 0 Å². The predicted molar refractivity (Wildman–Crippen MR) is 79.0 cm³/mol. The predicted octanol–water partition coefficient (Wildman–Crippen LogP) is -0.723. The number of nitrogens with zero attached hydrogens (tertiary/aromatic N) is 1. The Morgan fingerprint density at radius 2 is 1.96 bits per heavy atom. The van der Waals surface area contributed by atoms with Crippen LogP contribution in [0, 0.1) is 11.6 Å². The van der Waals surface area contributed by atoms with Crippen molar-refractivity contribution in [3.05, 3.63) is 29.8 Å². The second kappa shape index (κ2) is 7.98. The number of carbonyl (C=O) groups is 2. The summed E-state index contributed by atoms with van der Waals surface area (Å²) in [6.07, 6.45) is 0. The van der Waals surface area contributed by atoms with E-state index in [0.717, 1.165) is 12.1 Å². The Balaban J connectivity index is 1.81. The van der Waals surface area contributed by atoms with Gasteiger partial charge in [0.1, 0.15) is 11.6 Å². The number of nitrogens with one attached hydrogen (secondary N) is 2. The van der Waals surface area contributed by atoms with Crippen LogP contribution in [0.15, 0.2) is 18.2 Å². The van der Waals surface area contributed by atoms with Gasteiger partial charge in [-0.1, -0.05) is 0 Å². The van der Waals surface area contributed by atoms with Gasteiger partial charge < -0.3 is 19.9 Å². The molecule has 2 rings (SSSR count). The van der Waals surface area contributed by atoms with Gasteiger partial charge in [0, 0.05) is 19.2 Å². The summed E-state index contributed by atoms with van der Waals surface area (Å²) in [7, 11) is 1.71. The minimum Gasteiger partial charge on any atom is -0.378 e. The molecule has 1 aliphatic heterocycles. The second-order valence-corrected chi connectivity index (χ2v) is 5.48. The number of benzene rings is 1. The number of rotatable bonds is 5. The van der Waals surface area contributed by atoms with Crippen LogP contribution < -0.4 is 10.2 Å². The molecule has 23 heavy (non-hydrogen) atoms. The summed E-state index contributed by atoms with van der Waals surface area (Å²) in [5.41, 5.74) is -0.0799. The largest absolute Gasteiger partial charge is 0.378 e. The van der Waals surface area contributed by atoms with E-state index in [1.165, 1.54) is 0 Å². The number of quaternary nitrogens is 1. The van der Waals surface area contributed by atoms with Gasteiger partial charge in [-0.3, -0.25) is 9.59 Å². The van der Waals surface area contributed by atoms with E-state index >= 15 is 0 Å². The van der Waals surface area contributed by atoms with Crippen molar-refractivity contribution in [2.24, 2.45) is 0 Å². The number of halogens is 2. The number of anilines is 1. The molecule has 1 heterocycles. The SMILES string of the molecule is C[NH+](CC(=O)Nc1ccc(F)cc1F)CC(=O)N1CCOCC1. The van der Waals surface area contributed by atoms with Gasteiger partial charge in [-0.15, -0.1) is 0 Å². The van der Waals surface area contributed by atoms with Gasteiger partial charge in [-0.05, 0) is 12.1 Å². The highest BCUT2D eigenvalue weighted by atomic mass is 19.1. The highest BCUT2D eigenvalue weighted by molar-refractivity contribution is 5.91. The van der Waals surface area contributed by atoms with Gasteiger partial charge in [0.2, 0.25) is 0 Å². The Morgan fingerprint density at radius 3 is 2.61 bits per heavy atom. The number of amides is 2. The van der Waals surface area contributed by atoms with Crippen LogP contribution in [-0.4, -0.2) is 63.2 Å². The van der Waals surface area contributed by atoms with E-state index in [-0.39, 0.29) is 24.7 Å². The molecule has 0 aliphatic carbocycles. The van der Waals surface area contributed by atoms with Gasteiger partial charge in [0.05, 0.1) is 25.9 Å². The molecule has 2 amide bonds. The fourth-order valence-electron chi connectivity index (χ4n) is 2.30. The quantitative estimate of drug-likeness (QED) is 0.750. The molecule has 1 aromatic rings. The van der Waals surface area contributed by atoms with E-state index < -0.39 is 17.5 Å². The molecule has 0 aromatic heterocycles. The highest BCUT2D eigenvalue weighted by Gasteiger charge is 2.21. The molecule has 0 saturated carbocycles. The lowest BCUT2D eigenvalue weighted by atomic mass is 10.3. The summed E-state index contributed by atoms with van der Waals surface area (Å²) in [6, 6.07) is 2.93. The maximum absolute atomic E-state index is 13.5. The van der Waals surface area contributed by atoms with Gasteiger partial charge in [0.15, 0.2) is 13.1 Å². The third-order valence-corrected chi connectivity index (χ3v) is 3.48. The third-order valence-electron chi connectivity index (χ3n) is 3.48. The van der Waals surface area contributed by atoms with E-state index in [2.05, 4.69) is 5.32 Å². The van der Waals surface area contributed by atoms with Gasteiger partial charge in [-0.25, -0.2) is 8.78 Å². The minimum atomic E-state index is -0.833. The van der Waals surface area contributed by atoms with Crippen LogP contribution in [0.3, 0.4) is 0 Å². The van der Waals surface area contributed by atoms with Crippen LogP contribution in [0.2, 0.25) is 0 Å². The number of likely N-dealkylation sites (N-methyl/N-ethyl adjacent to an activating group) is 1. The molecule has 1 saturated heterocycles. The first-order valence-electron chi connectivity index (χ1n) is 7.37. The van der Waals surface area contributed by atoms with Crippen molar-refractivity contribution in [1.82, 2.24) is 4.90 Å². The van der Waals surface area contributed by atoms with E-state index in [9.17, 15) is 18.4 Å². The lowest BCUT2D eigenvalue weighted by Crippen LogP contribution is -3.11. The molecule has 1 fully saturated rings. The van der Waals surface area contributed by atoms with Crippen molar-refractivity contribution in [2.75, 3.05) is 51.8 Å². The first-order chi connectivity index (χ1) is 11.0. The molecule has 1 aliphatic rings. The van der Waals surface area contributed by atoms with Crippen LogP contribution >= 0.6 is 0 Å². The molecule has 1 unspecified atom stereocenters. The molecular weight excluding hydrogens is 308 g/mol. The standard InChI is InChI=1S/C15H19F2N3O3/c1-19(10-15(22)20-4-6-23-7-5-20)9-14(21)18-13-3-2-11(16)8-12(13)17/h2-3,8H,4-7,9-10H2,1H3,(H,18,21)/p+1. The third kappa shape index (κ3) is 5.26. The average Bonchev–Trinajstić information content (AvgIpc) is 2.50. The molecular formula is C15H20F2N3O3+. The number of carbonyl (C=O) groups excluding carboxylic acids is 2. The van der Waals surface area contributed by atoms with E-state index in [4.69, 9.17) is 4.74 Å². The summed E-state index contributed by atoms with van der Waals surface area (Å²) >= 11 is 0. The zero-order valence-corrected chi connectivity index (χ0v) is 12.9. The summed E-state index contributed by atoms with van der Waals surface area (Å²) in [4.78, 5) is 26.3. The maximum atomic E-state index is 13.5. The summed E-state index contributed by atoms with van der Waals surface area (Å²) in [5.74, 6) is -2.03. The molecule has 0 bridgehead atoms. The van der Waals surface area contributed by atoms with Crippen LogP contribution in [0.25, 0.3) is 0 Å². The minimum absolute atomic E-state index is 0.00684. The highest BCUT2D eigenvalue weighted by Crippen LogP contribution is 2.14. The fourth-order valence-corrected chi connectivity index (χ4v) is 2.30. The Morgan fingerprint density at radius 1 is 1.26 bits per heavy atom. The van der Waals surface area contributed by atoms with Crippen LogP contribution in [-0.2, 0) is 14.3 Å². The van der Waals surface area contributed by atoms with Crippen molar-refractivity contribution in [2.45, 2.75) is 0 Å². The van der Waals surface area contributed by atoms with E-state index in [1.807, 2.05) is 0 Å². The Kier molecular flexibility index (Phi) is 6.00. The van der Waals surface area contributed by atoms with E-state index in [1.54, 1.807) is 11.9 Å². The number of hydrogen-bond donors (Lipinski definition) is 2. The van der Waals surface area contributed by atoms with Crippen LogP contribution in [0.5, 0.6) is 0 Å². The first-order valence-corrected chi connectivity index (χ1v) is 7.37.